The lowest BCUT2D eigenvalue weighted by atomic mass is 9.78. The topological polar surface area (TPSA) is 50.1 Å². The van der Waals surface area contributed by atoms with Crippen molar-refractivity contribution in [2.75, 3.05) is 13.1 Å². The van der Waals surface area contributed by atoms with E-state index in [4.69, 9.17) is 0 Å². The van der Waals surface area contributed by atoms with Crippen LogP contribution in [0.15, 0.2) is 18.5 Å². The minimum Gasteiger partial charge on any atom is -0.389 e. The molecule has 0 bridgehead atoms. The van der Waals surface area contributed by atoms with Crippen LogP contribution in [0.4, 0.5) is 0 Å². The molecule has 4 nitrogen and oxygen atoms in total. The predicted molar refractivity (Wildman–Crippen MR) is 72.3 cm³/mol. The van der Waals surface area contributed by atoms with Crippen molar-refractivity contribution < 1.29 is 5.11 Å². The Bertz CT molecular complexity index is 329. The first-order valence-corrected chi connectivity index (χ1v) is 7.12. The minimum absolute atomic E-state index is 0.476. The number of hydrogen-bond donors (Lipinski definition) is 2. The molecule has 2 rings (SSSR count). The average molecular weight is 251 g/mol. The molecule has 102 valence electrons. The molecule has 0 aromatic carbocycles. The number of aromatic nitrogens is 2. The van der Waals surface area contributed by atoms with Gasteiger partial charge in [-0.3, -0.25) is 4.68 Å². The lowest BCUT2D eigenvalue weighted by molar-refractivity contribution is -0.00858. The van der Waals surface area contributed by atoms with Crippen LogP contribution >= 0.6 is 0 Å². The Balaban J connectivity index is 1.64. The van der Waals surface area contributed by atoms with Gasteiger partial charge in [0.2, 0.25) is 0 Å². The van der Waals surface area contributed by atoms with Crippen molar-refractivity contribution in [3.63, 3.8) is 0 Å². The molecule has 4 heteroatoms. The van der Waals surface area contributed by atoms with E-state index in [2.05, 4.69) is 17.3 Å². The smallest absolute Gasteiger partial charge is 0.0771 e. The van der Waals surface area contributed by atoms with Crippen LogP contribution in [0.1, 0.15) is 39.0 Å². The van der Waals surface area contributed by atoms with Crippen LogP contribution in [0.5, 0.6) is 0 Å². The standard InChI is InChI=1S/C14H25N3O/c1-2-13-4-6-14(18,7-5-13)12-15-9-11-17-10-3-8-16-17/h3,8,10,13,15,18H,2,4-7,9,11-12H2,1H3. The van der Waals surface area contributed by atoms with Crippen molar-refractivity contribution in [2.45, 2.75) is 51.2 Å². The van der Waals surface area contributed by atoms with Crippen molar-refractivity contribution in [3.05, 3.63) is 18.5 Å². The Morgan fingerprint density at radius 3 is 2.83 bits per heavy atom. The summed E-state index contributed by atoms with van der Waals surface area (Å²) in [6, 6.07) is 1.93. The van der Waals surface area contributed by atoms with Crippen molar-refractivity contribution in [2.24, 2.45) is 5.92 Å². The summed E-state index contributed by atoms with van der Waals surface area (Å²) in [6.45, 7) is 4.68. The number of nitrogens with one attached hydrogen (secondary N) is 1. The van der Waals surface area contributed by atoms with E-state index >= 15 is 0 Å². The first kappa shape index (κ1) is 13.6. The molecule has 0 aliphatic heterocycles. The van der Waals surface area contributed by atoms with Gasteiger partial charge in [-0.15, -0.1) is 0 Å². The van der Waals surface area contributed by atoms with Crippen LogP contribution < -0.4 is 5.32 Å². The third kappa shape index (κ3) is 3.82. The minimum atomic E-state index is -0.476. The van der Waals surface area contributed by atoms with E-state index in [9.17, 15) is 5.11 Å². The average Bonchev–Trinajstić information content (AvgIpc) is 2.89. The zero-order valence-corrected chi connectivity index (χ0v) is 11.3. The number of rotatable bonds is 6. The van der Waals surface area contributed by atoms with Gasteiger partial charge in [-0.25, -0.2) is 0 Å². The summed E-state index contributed by atoms with van der Waals surface area (Å²) < 4.78 is 1.91. The van der Waals surface area contributed by atoms with E-state index in [0.29, 0.717) is 6.54 Å². The zero-order chi connectivity index (χ0) is 12.8. The SMILES string of the molecule is CCC1CCC(O)(CNCCn2cccn2)CC1. The van der Waals surface area contributed by atoms with E-state index in [1.165, 1.54) is 19.3 Å². The highest BCUT2D eigenvalue weighted by molar-refractivity contribution is 4.87. The number of nitrogens with zero attached hydrogens (tertiary/aromatic N) is 2. The summed E-state index contributed by atoms with van der Waals surface area (Å²) in [5, 5.41) is 18.0. The predicted octanol–water partition coefficient (Wildman–Crippen LogP) is 1.80. The van der Waals surface area contributed by atoms with Crippen molar-refractivity contribution in [3.8, 4) is 0 Å². The third-order valence-electron chi connectivity index (χ3n) is 4.14. The molecule has 1 fully saturated rings. The van der Waals surface area contributed by atoms with Crippen molar-refractivity contribution in [1.29, 1.82) is 0 Å². The Kier molecular flexibility index (Phi) is 4.78. The summed E-state index contributed by atoms with van der Waals surface area (Å²) in [7, 11) is 0. The summed E-state index contributed by atoms with van der Waals surface area (Å²) >= 11 is 0. The fraction of sp³-hybridized carbons (Fsp3) is 0.786. The second kappa shape index (κ2) is 6.34. The molecule has 0 amide bonds. The summed E-state index contributed by atoms with van der Waals surface area (Å²) in [6.07, 6.45) is 9.24. The number of hydrogen-bond acceptors (Lipinski definition) is 3. The maximum atomic E-state index is 10.5. The summed E-state index contributed by atoms with van der Waals surface area (Å²) in [5.41, 5.74) is -0.476. The maximum absolute atomic E-state index is 10.5. The van der Waals surface area contributed by atoms with Gasteiger partial charge < -0.3 is 10.4 Å². The van der Waals surface area contributed by atoms with Gasteiger partial charge in [-0.1, -0.05) is 13.3 Å². The van der Waals surface area contributed by atoms with Gasteiger partial charge in [0.1, 0.15) is 0 Å². The summed E-state index contributed by atoms with van der Waals surface area (Å²) in [5.74, 6) is 0.828. The molecule has 2 N–H and O–H groups in total. The van der Waals surface area contributed by atoms with Crippen molar-refractivity contribution in [1.82, 2.24) is 15.1 Å². The molecular formula is C14H25N3O. The molecule has 1 aromatic rings. The summed E-state index contributed by atoms with van der Waals surface area (Å²) in [4.78, 5) is 0. The van der Waals surface area contributed by atoms with Crippen LogP contribution in [0.25, 0.3) is 0 Å². The van der Waals surface area contributed by atoms with Crippen LogP contribution in [-0.4, -0.2) is 33.6 Å². The Morgan fingerprint density at radius 1 is 1.44 bits per heavy atom. The van der Waals surface area contributed by atoms with Crippen molar-refractivity contribution >= 4 is 0 Å². The van der Waals surface area contributed by atoms with Crippen LogP contribution in [0, 0.1) is 5.92 Å². The second-order valence-electron chi connectivity index (χ2n) is 5.52. The quantitative estimate of drug-likeness (QED) is 0.758. The lowest BCUT2D eigenvalue weighted by Gasteiger charge is -2.36. The molecule has 0 unspecified atom stereocenters. The van der Waals surface area contributed by atoms with Gasteiger partial charge >= 0.3 is 0 Å². The molecule has 1 aliphatic carbocycles. The van der Waals surface area contributed by atoms with Crippen LogP contribution in [-0.2, 0) is 6.54 Å². The Labute approximate surface area is 109 Å². The second-order valence-corrected chi connectivity index (χ2v) is 5.52. The van der Waals surface area contributed by atoms with Crippen LogP contribution in [0.3, 0.4) is 0 Å². The Morgan fingerprint density at radius 2 is 2.22 bits per heavy atom. The third-order valence-corrected chi connectivity index (χ3v) is 4.14. The van der Waals surface area contributed by atoms with E-state index in [-0.39, 0.29) is 0 Å². The van der Waals surface area contributed by atoms with E-state index < -0.39 is 5.60 Å². The monoisotopic (exact) mass is 251 g/mol. The first-order valence-electron chi connectivity index (χ1n) is 7.12. The highest BCUT2D eigenvalue weighted by atomic mass is 16.3. The molecule has 1 saturated carbocycles. The Hall–Kier alpha value is -0.870. The molecular weight excluding hydrogens is 226 g/mol. The highest BCUT2D eigenvalue weighted by Crippen LogP contribution is 2.33. The molecule has 0 radical (unpaired) electrons. The molecule has 1 aliphatic rings. The first-order chi connectivity index (χ1) is 8.72. The largest absolute Gasteiger partial charge is 0.389 e. The van der Waals surface area contributed by atoms with Gasteiger partial charge in [0.15, 0.2) is 0 Å². The van der Waals surface area contributed by atoms with Gasteiger partial charge in [0.25, 0.3) is 0 Å². The van der Waals surface area contributed by atoms with Gasteiger partial charge in [0.05, 0.1) is 12.1 Å². The van der Waals surface area contributed by atoms with Gasteiger partial charge in [-0.05, 0) is 37.7 Å². The fourth-order valence-corrected chi connectivity index (χ4v) is 2.75. The zero-order valence-electron chi connectivity index (χ0n) is 11.3. The molecule has 0 atom stereocenters. The molecule has 1 heterocycles. The van der Waals surface area contributed by atoms with E-state index in [1.807, 2.05) is 16.9 Å². The van der Waals surface area contributed by atoms with Gasteiger partial charge in [-0.2, -0.15) is 5.10 Å². The van der Waals surface area contributed by atoms with E-state index in [0.717, 1.165) is 31.8 Å². The fourth-order valence-electron chi connectivity index (χ4n) is 2.75. The normalized spacial score (nSPS) is 28.4. The molecule has 0 saturated heterocycles. The van der Waals surface area contributed by atoms with Crippen LogP contribution in [0.2, 0.25) is 0 Å². The molecule has 1 aromatic heterocycles. The molecule has 0 spiro atoms. The lowest BCUT2D eigenvalue weighted by Crippen LogP contribution is -2.44. The highest BCUT2D eigenvalue weighted by Gasteiger charge is 2.31. The molecule has 18 heavy (non-hydrogen) atoms. The van der Waals surface area contributed by atoms with E-state index in [1.54, 1.807) is 6.20 Å². The van der Waals surface area contributed by atoms with Gasteiger partial charge in [0, 0.05) is 25.5 Å². The number of aliphatic hydroxyl groups is 1. The maximum Gasteiger partial charge on any atom is 0.0771 e.